The third-order valence-electron chi connectivity index (χ3n) is 4.02. The van der Waals surface area contributed by atoms with Gasteiger partial charge < -0.3 is 15.7 Å². The summed E-state index contributed by atoms with van der Waals surface area (Å²) >= 11 is 3.41. The molecule has 0 spiro atoms. The van der Waals surface area contributed by atoms with Crippen LogP contribution in [0.3, 0.4) is 0 Å². The zero-order valence-electron chi connectivity index (χ0n) is 14.1. The summed E-state index contributed by atoms with van der Waals surface area (Å²) in [7, 11) is -3.76. The van der Waals surface area contributed by atoms with Gasteiger partial charge in [-0.1, -0.05) is 6.07 Å². The number of hydrogen-bond donors (Lipinski definition) is 4. The second-order valence-electron chi connectivity index (χ2n) is 6.08. The molecule has 4 bridgehead atoms. The van der Waals surface area contributed by atoms with Gasteiger partial charge in [-0.3, -0.25) is 0 Å². The Labute approximate surface area is 160 Å². The minimum atomic E-state index is -3.76. The molecule has 4 N–H and O–H groups in total. The number of sulfonamides is 1. The number of aliphatic hydroxyl groups is 1. The van der Waals surface area contributed by atoms with Crippen LogP contribution in [0.5, 0.6) is 0 Å². The monoisotopic (exact) mass is 441 g/mol. The van der Waals surface area contributed by atoms with E-state index in [2.05, 4.69) is 41.3 Å². The molecule has 0 saturated heterocycles. The van der Waals surface area contributed by atoms with Gasteiger partial charge in [0.1, 0.15) is 5.82 Å². The summed E-state index contributed by atoms with van der Waals surface area (Å²) in [5.74, 6) is 1.00. The maximum atomic E-state index is 12.7. The summed E-state index contributed by atoms with van der Waals surface area (Å²) in [6.07, 6.45) is 1.95. The molecule has 2 unspecified atom stereocenters. The highest BCUT2D eigenvalue weighted by atomic mass is 79.9. The molecular formula is C16H20BrN5O3S. The first-order valence-corrected chi connectivity index (χ1v) is 10.5. The second kappa shape index (κ2) is 7.87. The van der Waals surface area contributed by atoms with Crippen molar-refractivity contribution in [1.29, 1.82) is 0 Å². The summed E-state index contributed by atoms with van der Waals surface area (Å²) in [6.45, 7) is 2.15. The molecule has 8 nitrogen and oxygen atoms in total. The number of rotatable bonds is 1. The average molecular weight is 442 g/mol. The Kier molecular flexibility index (Phi) is 5.76. The lowest BCUT2D eigenvalue weighted by molar-refractivity contribution is 0.151. The van der Waals surface area contributed by atoms with E-state index in [1.807, 2.05) is 0 Å². The van der Waals surface area contributed by atoms with Gasteiger partial charge in [-0.05, 0) is 53.9 Å². The van der Waals surface area contributed by atoms with Crippen LogP contribution in [0.1, 0.15) is 19.8 Å². The van der Waals surface area contributed by atoms with Crippen LogP contribution >= 0.6 is 15.9 Å². The summed E-state index contributed by atoms with van der Waals surface area (Å²) < 4.78 is 28.7. The number of aromatic nitrogens is 2. The van der Waals surface area contributed by atoms with E-state index < -0.39 is 22.2 Å². The van der Waals surface area contributed by atoms with Crippen molar-refractivity contribution in [3.63, 3.8) is 0 Å². The molecule has 0 amide bonds. The van der Waals surface area contributed by atoms with E-state index in [0.717, 1.165) is 4.47 Å². The van der Waals surface area contributed by atoms with Crippen LogP contribution in [0.2, 0.25) is 0 Å². The van der Waals surface area contributed by atoms with Gasteiger partial charge in [-0.25, -0.2) is 18.1 Å². The van der Waals surface area contributed by atoms with Gasteiger partial charge in [0, 0.05) is 24.5 Å². The maximum Gasteiger partial charge on any atom is 0.240 e. The zero-order chi connectivity index (χ0) is 18.7. The van der Waals surface area contributed by atoms with Gasteiger partial charge in [-0.2, -0.15) is 4.98 Å². The van der Waals surface area contributed by atoms with E-state index in [9.17, 15) is 13.5 Å². The predicted molar refractivity (Wildman–Crippen MR) is 103 cm³/mol. The van der Waals surface area contributed by atoms with Crippen molar-refractivity contribution in [3.8, 4) is 0 Å². The molecule has 0 saturated carbocycles. The predicted octanol–water partition coefficient (Wildman–Crippen LogP) is 2.22. The van der Waals surface area contributed by atoms with E-state index >= 15 is 0 Å². The van der Waals surface area contributed by atoms with E-state index in [-0.39, 0.29) is 4.90 Å². The minimum absolute atomic E-state index is 0.112. The minimum Gasteiger partial charge on any atom is -0.392 e. The summed E-state index contributed by atoms with van der Waals surface area (Å²) in [4.78, 5) is 8.72. The molecule has 140 valence electrons. The third-order valence-corrected chi connectivity index (χ3v) is 6.09. The molecule has 1 aromatic carbocycles. The molecule has 1 aliphatic rings. The van der Waals surface area contributed by atoms with Crippen molar-refractivity contribution in [1.82, 2.24) is 14.7 Å². The number of benzene rings is 1. The van der Waals surface area contributed by atoms with Crippen LogP contribution in [0.4, 0.5) is 17.5 Å². The Balaban J connectivity index is 2.01. The Bertz CT molecular complexity index is 891. The summed E-state index contributed by atoms with van der Waals surface area (Å²) in [6, 6.07) is 5.80. The van der Waals surface area contributed by atoms with Crippen molar-refractivity contribution < 1.29 is 13.5 Å². The van der Waals surface area contributed by atoms with E-state index in [0.29, 0.717) is 36.8 Å². The molecule has 2 atom stereocenters. The van der Waals surface area contributed by atoms with Crippen LogP contribution < -0.4 is 15.4 Å². The average Bonchev–Trinajstić information content (AvgIpc) is 2.59. The molecule has 1 aliphatic heterocycles. The molecule has 26 heavy (non-hydrogen) atoms. The Morgan fingerprint density at radius 1 is 1.38 bits per heavy atom. The largest absolute Gasteiger partial charge is 0.392 e. The number of hydrogen-bond acceptors (Lipinski definition) is 7. The first-order chi connectivity index (χ1) is 12.3. The molecule has 1 aromatic heterocycles. The number of halogens is 1. The smallest absolute Gasteiger partial charge is 0.240 e. The fourth-order valence-electron chi connectivity index (χ4n) is 2.62. The molecule has 3 rings (SSSR count). The number of aliphatic hydroxyl groups excluding tert-OH is 1. The number of nitrogens with zero attached hydrogens (tertiary/aromatic N) is 2. The van der Waals surface area contributed by atoms with Crippen molar-refractivity contribution in [2.75, 3.05) is 17.2 Å². The molecule has 10 heteroatoms. The van der Waals surface area contributed by atoms with Crippen molar-refractivity contribution in [2.45, 2.75) is 36.8 Å². The second-order valence-corrected chi connectivity index (χ2v) is 8.65. The van der Waals surface area contributed by atoms with E-state index in [1.165, 1.54) is 12.1 Å². The standard InChI is InChI=1S/C16H20BrN5O3S/c1-10(23)14-6-3-7-18-15-13(17)9-19-16(21-15)20-11-4-2-5-12(8-11)26(24,25)22-14/h2,4-5,8-10,14,22-23H,3,6-7H2,1H3,(H2,18,19,20,21). The van der Waals surface area contributed by atoms with Crippen LogP contribution in [0, 0.1) is 0 Å². The third kappa shape index (κ3) is 4.50. The molecule has 2 heterocycles. The van der Waals surface area contributed by atoms with Crippen molar-refractivity contribution in [2.24, 2.45) is 0 Å². The van der Waals surface area contributed by atoms with Crippen LogP contribution in [-0.2, 0) is 10.0 Å². The molecular weight excluding hydrogens is 422 g/mol. The Morgan fingerprint density at radius 3 is 2.96 bits per heavy atom. The Morgan fingerprint density at radius 2 is 2.19 bits per heavy atom. The van der Waals surface area contributed by atoms with Crippen molar-refractivity contribution in [3.05, 3.63) is 34.9 Å². The van der Waals surface area contributed by atoms with Gasteiger partial charge in [-0.15, -0.1) is 0 Å². The van der Waals surface area contributed by atoms with Gasteiger partial charge in [0.05, 0.1) is 15.5 Å². The zero-order valence-corrected chi connectivity index (χ0v) is 16.5. The van der Waals surface area contributed by atoms with Crippen LogP contribution in [0.25, 0.3) is 0 Å². The lowest BCUT2D eigenvalue weighted by Crippen LogP contribution is -2.42. The summed E-state index contributed by atoms with van der Waals surface area (Å²) in [5, 5.41) is 16.2. The number of fused-ring (bicyclic) bond motifs is 4. The highest BCUT2D eigenvalue weighted by molar-refractivity contribution is 9.10. The van der Waals surface area contributed by atoms with Crippen LogP contribution in [-0.4, -0.2) is 42.2 Å². The SMILES string of the molecule is CC(O)C1CCCNc2nc(ncc2Br)Nc2cccc(c2)S(=O)(=O)N1. The number of anilines is 3. The molecule has 0 aliphatic carbocycles. The van der Waals surface area contributed by atoms with Gasteiger partial charge in [0.15, 0.2) is 0 Å². The summed E-state index contributed by atoms with van der Waals surface area (Å²) in [5.41, 5.74) is 0.548. The van der Waals surface area contributed by atoms with Gasteiger partial charge in [0.2, 0.25) is 16.0 Å². The highest BCUT2D eigenvalue weighted by Gasteiger charge is 2.24. The Hall–Kier alpha value is -1.75. The number of nitrogens with one attached hydrogen (secondary N) is 3. The first-order valence-electron chi connectivity index (χ1n) is 8.19. The first kappa shape index (κ1) is 19.0. The quantitative estimate of drug-likeness (QED) is 0.535. The molecule has 0 fully saturated rings. The van der Waals surface area contributed by atoms with Crippen molar-refractivity contribution >= 4 is 43.4 Å². The van der Waals surface area contributed by atoms with E-state index in [1.54, 1.807) is 25.3 Å². The highest BCUT2D eigenvalue weighted by Crippen LogP contribution is 2.24. The molecule has 2 aromatic rings. The van der Waals surface area contributed by atoms with E-state index in [4.69, 9.17) is 0 Å². The van der Waals surface area contributed by atoms with Gasteiger partial charge >= 0.3 is 0 Å². The normalized spacial score (nSPS) is 21.0. The van der Waals surface area contributed by atoms with Crippen LogP contribution in [0.15, 0.2) is 39.8 Å². The topological polar surface area (TPSA) is 116 Å². The molecule has 0 radical (unpaired) electrons. The van der Waals surface area contributed by atoms with Gasteiger partial charge in [0.25, 0.3) is 0 Å². The fourth-order valence-corrected chi connectivity index (χ4v) is 4.34. The maximum absolute atomic E-state index is 12.7. The lowest BCUT2D eigenvalue weighted by Gasteiger charge is -2.22. The fraction of sp³-hybridized carbons (Fsp3) is 0.375. The lowest BCUT2D eigenvalue weighted by atomic mass is 10.1.